The number of nitrogens with one attached hydrogen (secondary N) is 1. The zero-order valence-corrected chi connectivity index (χ0v) is 21.8. The minimum atomic E-state index is -0.744. The van der Waals surface area contributed by atoms with Gasteiger partial charge in [0.2, 0.25) is 5.78 Å². The average Bonchev–Trinajstić information content (AvgIpc) is 3.15. The summed E-state index contributed by atoms with van der Waals surface area (Å²) in [7, 11) is 0. The maximum Gasteiger partial charge on any atom is 0.295 e. The summed E-state index contributed by atoms with van der Waals surface area (Å²) in [5.41, 5.74) is 1.05. The van der Waals surface area contributed by atoms with E-state index in [9.17, 15) is 14.7 Å². The van der Waals surface area contributed by atoms with Crippen LogP contribution in [0.1, 0.15) is 44.4 Å². The highest BCUT2D eigenvalue weighted by molar-refractivity contribution is 6.46. The number of hydrogen-bond donors (Lipinski definition) is 1. The lowest BCUT2D eigenvalue weighted by Crippen LogP contribution is -3.14. The maximum absolute atomic E-state index is 13.6. The molecule has 1 atom stereocenters. The average molecular weight is 509 g/mol. The van der Waals surface area contributed by atoms with E-state index in [0.29, 0.717) is 35.8 Å². The Hall–Kier alpha value is -3.36. The lowest BCUT2D eigenvalue weighted by Gasteiger charge is -2.29. The number of amides is 1. The normalized spacial score (nSPS) is 20.0. The van der Waals surface area contributed by atoms with E-state index in [2.05, 4.69) is 0 Å². The number of Topliss-reactive ketones (excluding diaryl/α,β-unsaturated/α-hetero) is 1. The third kappa shape index (κ3) is 6.32. The molecule has 8 nitrogen and oxygen atoms in total. The fourth-order valence-corrected chi connectivity index (χ4v) is 4.88. The highest BCUT2D eigenvalue weighted by Crippen LogP contribution is 2.39. The van der Waals surface area contributed by atoms with E-state index < -0.39 is 23.5 Å². The molecule has 2 aliphatic heterocycles. The Morgan fingerprint density at radius 2 is 1.70 bits per heavy atom. The molecule has 0 bridgehead atoms. The SMILES string of the molecule is CCOc1ccc(C([O-])=C2C(=O)C(=O)N(CCC[NH+]3CCOCC3)C2c2ccc(OC(C)C)cc2)cc1. The van der Waals surface area contributed by atoms with Gasteiger partial charge < -0.3 is 29.1 Å². The van der Waals surface area contributed by atoms with Crippen molar-refractivity contribution in [3.8, 4) is 11.5 Å². The zero-order chi connectivity index (χ0) is 26.4. The molecule has 2 fully saturated rings. The molecule has 198 valence electrons. The molecule has 37 heavy (non-hydrogen) atoms. The monoisotopic (exact) mass is 508 g/mol. The topological polar surface area (TPSA) is 92.6 Å². The smallest absolute Gasteiger partial charge is 0.295 e. The molecule has 2 aliphatic rings. The lowest BCUT2D eigenvalue weighted by molar-refractivity contribution is -0.908. The molecule has 1 unspecified atom stereocenters. The third-order valence-corrected chi connectivity index (χ3v) is 6.65. The van der Waals surface area contributed by atoms with Crippen molar-refractivity contribution >= 4 is 17.4 Å². The molecule has 2 saturated heterocycles. The molecule has 0 aromatic heterocycles. The number of carbonyl (C=O) groups is 2. The summed E-state index contributed by atoms with van der Waals surface area (Å²) in [4.78, 5) is 29.4. The number of carbonyl (C=O) groups excluding carboxylic acids is 2. The quantitative estimate of drug-likeness (QED) is 0.296. The number of ketones is 1. The minimum Gasteiger partial charge on any atom is -0.872 e. The number of nitrogens with zero attached hydrogens (tertiary/aromatic N) is 1. The molecule has 2 aromatic carbocycles. The number of likely N-dealkylation sites (tertiary alicyclic amines) is 1. The van der Waals surface area contributed by atoms with Gasteiger partial charge in [-0.15, -0.1) is 0 Å². The molecule has 0 aliphatic carbocycles. The summed E-state index contributed by atoms with van der Waals surface area (Å²) in [6.07, 6.45) is 0.743. The van der Waals surface area contributed by atoms with E-state index in [1.807, 2.05) is 45.0 Å². The Morgan fingerprint density at radius 3 is 2.32 bits per heavy atom. The second kappa shape index (κ2) is 12.3. The molecule has 2 heterocycles. The van der Waals surface area contributed by atoms with Crippen molar-refractivity contribution in [1.29, 1.82) is 0 Å². The predicted molar refractivity (Wildman–Crippen MR) is 137 cm³/mol. The highest BCUT2D eigenvalue weighted by Gasteiger charge is 2.44. The van der Waals surface area contributed by atoms with E-state index in [-0.39, 0.29) is 11.7 Å². The first kappa shape index (κ1) is 26.7. The summed E-state index contributed by atoms with van der Waals surface area (Å²) in [5.74, 6) is -0.460. The van der Waals surface area contributed by atoms with Crippen molar-refractivity contribution in [2.75, 3.05) is 46.0 Å². The van der Waals surface area contributed by atoms with Crippen LogP contribution in [0.2, 0.25) is 0 Å². The summed E-state index contributed by atoms with van der Waals surface area (Å²) < 4.78 is 16.7. The molecule has 4 rings (SSSR count). The van der Waals surface area contributed by atoms with Crippen molar-refractivity contribution in [2.45, 2.75) is 39.3 Å². The standard InChI is InChI=1S/C29H36N2O6/c1-4-36-23-10-8-22(9-11-23)27(32)25-26(21-6-12-24(13-7-21)37-20(2)3)31(29(34)28(25)33)15-5-14-30-16-18-35-19-17-30/h6-13,20,26,32H,4-5,14-19H2,1-3H3. The van der Waals surface area contributed by atoms with Crippen LogP contribution in [0.5, 0.6) is 11.5 Å². The fraction of sp³-hybridized carbons (Fsp3) is 0.448. The molecule has 0 radical (unpaired) electrons. The molecule has 2 aromatic rings. The zero-order valence-electron chi connectivity index (χ0n) is 21.8. The predicted octanol–water partition coefficient (Wildman–Crippen LogP) is 1.40. The summed E-state index contributed by atoms with van der Waals surface area (Å²) in [5, 5.41) is 13.6. The Balaban J connectivity index is 1.65. The number of benzene rings is 2. The van der Waals surface area contributed by atoms with Crippen LogP contribution in [0, 0.1) is 0 Å². The Morgan fingerprint density at radius 1 is 1.05 bits per heavy atom. The second-order valence-corrected chi connectivity index (χ2v) is 9.63. The van der Waals surface area contributed by atoms with Gasteiger partial charge in [-0.05, 0) is 56.2 Å². The van der Waals surface area contributed by atoms with E-state index in [1.54, 1.807) is 29.2 Å². The highest BCUT2D eigenvalue weighted by atomic mass is 16.5. The van der Waals surface area contributed by atoms with Crippen LogP contribution in [0.15, 0.2) is 54.1 Å². The maximum atomic E-state index is 13.6. The van der Waals surface area contributed by atoms with Gasteiger partial charge in [-0.25, -0.2) is 0 Å². The van der Waals surface area contributed by atoms with Crippen LogP contribution in [0.4, 0.5) is 0 Å². The van der Waals surface area contributed by atoms with Gasteiger partial charge in [-0.2, -0.15) is 0 Å². The van der Waals surface area contributed by atoms with E-state index in [0.717, 1.165) is 39.3 Å². The summed E-state index contributed by atoms with van der Waals surface area (Å²) in [6.45, 7) is 10.9. The van der Waals surface area contributed by atoms with Gasteiger partial charge in [0, 0.05) is 18.5 Å². The van der Waals surface area contributed by atoms with Gasteiger partial charge in [-0.1, -0.05) is 30.0 Å². The molecular weight excluding hydrogens is 472 g/mol. The van der Waals surface area contributed by atoms with Gasteiger partial charge in [0.15, 0.2) is 0 Å². The molecule has 0 spiro atoms. The van der Waals surface area contributed by atoms with Crippen molar-refractivity contribution in [3.63, 3.8) is 0 Å². The van der Waals surface area contributed by atoms with Gasteiger partial charge in [0.05, 0.1) is 38.5 Å². The summed E-state index contributed by atoms with van der Waals surface area (Å²) in [6, 6.07) is 13.2. The van der Waals surface area contributed by atoms with Crippen molar-refractivity contribution in [3.05, 3.63) is 65.2 Å². The first-order valence-corrected chi connectivity index (χ1v) is 13.1. The van der Waals surface area contributed by atoms with Gasteiger partial charge in [0.1, 0.15) is 24.6 Å². The number of hydrogen-bond acceptors (Lipinski definition) is 6. The Kier molecular flexibility index (Phi) is 8.84. The number of morpholine rings is 1. The first-order chi connectivity index (χ1) is 17.9. The van der Waals surface area contributed by atoms with E-state index in [4.69, 9.17) is 14.2 Å². The minimum absolute atomic E-state index is 0.00888. The molecular formula is C29H36N2O6. The van der Waals surface area contributed by atoms with Crippen LogP contribution in [-0.2, 0) is 14.3 Å². The number of rotatable bonds is 10. The van der Waals surface area contributed by atoms with Crippen molar-refractivity contribution in [2.24, 2.45) is 0 Å². The van der Waals surface area contributed by atoms with Crippen LogP contribution >= 0.6 is 0 Å². The third-order valence-electron chi connectivity index (χ3n) is 6.65. The van der Waals surface area contributed by atoms with E-state index in [1.165, 1.54) is 4.90 Å². The largest absolute Gasteiger partial charge is 0.872 e. The van der Waals surface area contributed by atoms with Crippen LogP contribution in [0.3, 0.4) is 0 Å². The van der Waals surface area contributed by atoms with Crippen molar-refractivity contribution in [1.82, 2.24) is 4.90 Å². The van der Waals surface area contributed by atoms with Gasteiger partial charge in [-0.3, -0.25) is 9.59 Å². The second-order valence-electron chi connectivity index (χ2n) is 9.63. The van der Waals surface area contributed by atoms with Crippen molar-refractivity contribution < 1.29 is 33.8 Å². The Bertz CT molecular complexity index is 1100. The summed E-state index contributed by atoms with van der Waals surface area (Å²) >= 11 is 0. The molecule has 1 amide bonds. The molecule has 1 N–H and O–H groups in total. The van der Waals surface area contributed by atoms with Crippen LogP contribution < -0.4 is 19.5 Å². The first-order valence-electron chi connectivity index (χ1n) is 13.1. The Labute approximate surface area is 218 Å². The molecule has 8 heteroatoms. The van der Waals surface area contributed by atoms with Gasteiger partial charge >= 0.3 is 0 Å². The lowest BCUT2D eigenvalue weighted by atomic mass is 9.95. The van der Waals surface area contributed by atoms with Crippen LogP contribution in [-0.4, -0.2) is 68.7 Å². The number of ether oxygens (including phenoxy) is 3. The fourth-order valence-electron chi connectivity index (χ4n) is 4.88. The van der Waals surface area contributed by atoms with Crippen LogP contribution in [0.25, 0.3) is 5.76 Å². The van der Waals surface area contributed by atoms with Gasteiger partial charge in [0.25, 0.3) is 5.91 Å². The molecule has 0 saturated carbocycles. The van der Waals surface area contributed by atoms with E-state index >= 15 is 0 Å². The number of quaternary nitrogens is 1.